The Kier molecular flexibility index (Phi) is 6.52. The van der Waals surface area contributed by atoms with Crippen LogP contribution in [0.4, 0.5) is 10.7 Å². The summed E-state index contributed by atoms with van der Waals surface area (Å²) in [6, 6.07) is 1.91. The number of rotatable bonds is 4. The Hall–Kier alpha value is -2.41. The number of urea groups is 1. The fourth-order valence-electron chi connectivity index (χ4n) is 2.80. The molecule has 0 unspecified atom stereocenters. The summed E-state index contributed by atoms with van der Waals surface area (Å²) < 4.78 is 0. The number of halogens is 1. The Morgan fingerprint density at radius 2 is 2.04 bits per heavy atom. The third kappa shape index (κ3) is 4.79. The van der Waals surface area contributed by atoms with Gasteiger partial charge in [-0.15, -0.1) is 12.4 Å². The molecular formula is C17H23ClN6O. The molecular weight excluding hydrogens is 340 g/mol. The molecule has 0 aromatic carbocycles. The fourth-order valence-corrected chi connectivity index (χ4v) is 2.80. The summed E-state index contributed by atoms with van der Waals surface area (Å²) in [7, 11) is 0. The number of nitrogens with zero attached hydrogens (tertiary/aromatic N) is 4. The largest absolute Gasteiger partial charge is 0.350 e. The van der Waals surface area contributed by atoms with Gasteiger partial charge in [0.05, 0.1) is 0 Å². The van der Waals surface area contributed by atoms with E-state index in [0.29, 0.717) is 25.6 Å². The third-order valence-electron chi connectivity index (χ3n) is 3.93. The Morgan fingerprint density at radius 3 is 2.76 bits per heavy atom. The van der Waals surface area contributed by atoms with Crippen LogP contribution in [0.2, 0.25) is 0 Å². The van der Waals surface area contributed by atoms with Gasteiger partial charge in [-0.1, -0.05) is 0 Å². The van der Waals surface area contributed by atoms with E-state index in [4.69, 9.17) is 0 Å². The van der Waals surface area contributed by atoms with Crippen molar-refractivity contribution in [1.29, 1.82) is 0 Å². The molecule has 3 rings (SSSR count). The van der Waals surface area contributed by atoms with Gasteiger partial charge >= 0.3 is 6.03 Å². The molecule has 3 heterocycles. The highest BCUT2D eigenvalue weighted by Gasteiger charge is 2.23. The molecule has 2 N–H and O–H groups in total. The number of nitrogens with one attached hydrogen (secondary N) is 2. The van der Waals surface area contributed by atoms with Crippen molar-refractivity contribution >= 4 is 24.4 Å². The number of carbonyl (C=O) groups is 1. The zero-order valence-electron chi connectivity index (χ0n) is 14.4. The molecule has 2 aromatic rings. The van der Waals surface area contributed by atoms with Crippen molar-refractivity contribution in [2.45, 2.75) is 39.4 Å². The minimum atomic E-state index is -0.0168. The first kappa shape index (κ1) is 18.9. The van der Waals surface area contributed by atoms with Gasteiger partial charge in [-0.25, -0.2) is 14.8 Å². The maximum atomic E-state index is 12.2. The minimum Gasteiger partial charge on any atom is -0.350 e. The van der Waals surface area contributed by atoms with Crippen molar-refractivity contribution < 1.29 is 4.79 Å². The molecule has 0 fully saturated rings. The summed E-state index contributed by atoms with van der Waals surface area (Å²) >= 11 is 0. The molecule has 0 spiro atoms. The van der Waals surface area contributed by atoms with E-state index in [0.717, 1.165) is 17.5 Å². The first-order valence-corrected chi connectivity index (χ1v) is 8.14. The van der Waals surface area contributed by atoms with Gasteiger partial charge in [0.15, 0.2) is 0 Å². The molecule has 25 heavy (non-hydrogen) atoms. The lowest BCUT2D eigenvalue weighted by atomic mass is 9.97. The molecule has 2 aromatic heterocycles. The van der Waals surface area contributed by atoms with Gasteiger partial charge < -0.3 is 15.5 Å². The normalized spacial score (nSPS) is 13.0. The SMILES string of the molecule is CC(C)NC(=O)N1CCc2c(CNc3ncccn3)cncc2C1.Cl. The van der Waals surface area contributed by atoms with E-state index in [9.17, 15) is 4.79 Å². The van der Waals surface area contributed by atoms with Gasteiger partial charge in [0.2, 0.25) is 5.95 Å². The van der Waals surface area contributed by atoms with E-state index in [1.54, 1.807) is 18.5 Å². The van der Waals surface area contributed by atoms with Crippen molar-refractivity contribution in [1.82, 2.24) is 25.2 Å². The van der Waals surface area contributed by atoms with Crippen molar-refractivity contribution in [3.63, 3.8) is 0 Å². The summed E-state index contributed by atoms with van der Waals surface area (Å²) in [4.78, 5) is 26.7. The first-order valence-electron chi connectivity index (χ1n) is 8.14. The van der Waals surface area contributed by atoms with Crippen molar-refractivity contribution in [3.8, 4) is 0 Å². The van der Waals surface area contributed by atoms with Crippen LogP contribution in [0.5, 0.6) is 0 Å². The summed E-state index contributed by atoms with van der Waals surface area (Å²) in [5, 5.41) is 6.16. The van der Waals surface area contributed by atoms with E-state index in [1.807, 2.05) is 31.1 Å². The van der Waals surface area contributed by atoms with Gasteiger partial charge in [0.1, 0.15) is 0 Å². The second-order valence-electron chi connectivity index (χ2n) is 6.14. The van der Waals surface area contributed by atoms with Crippen LogP contribution in [0.3, 0.4) is 0 Å². The first-order chi connectivity index (χ1) is 11.6. The van der Waals surface area contributed by atoms with Crippen molar-refractivity contribution in [3.05, 3.63) is 47.5 Å². The molecule has 1 aliphatic rings. The standard InChI is InChI=1S/C17H22N6O.ClH/c1-12(2)22-17(24)23-7-4-15-13(8-18-9-14(15)11-23)10-21-16-19-5-3-6-20-16;/h3,5-6,8-9,12H,4,7,10-11H2,1-2H3,(H,22,24)(H,19,20,21);1H. The molecule has 2 amide bonds. The van der Waals surface area contributed by atoms with E-state index in [2.05, 4.69) is 25.6 Å². The molecule has 1 aliphatic heterocycles. The molecule has 0 atom stereocenters. The Morgan fingerprint density at radius 1 is 1.28 bits per heavy atom. The summed E-state index contributed by atoms with van der Waals surface area (Å²) in [6.45, 7) is 5.86. The summed E-state index contributed by atoms with van der Waals surface area (Å²) in [5.41, 5.74) is 3.50. The van der Waals surface area contributed by atoms with Gasteiger partial charge in [-0.3, -0.25) is 4.98 Å². The van der Waals surface area contributed by atoms with Crippen LogP contribution >= 0.6 is 12.4 Å². The molecule has 0 bridgehead atoms. The smallest absolute Gasteiger partial charge is 0.317 e. The third-order valence-corrected chi connectivity index (χ3v) is 3.93. The molecule has 8 heteroatoms. The van der Waals surface area contributed by atoms with Crippen molar-refractivity contribution in [2.24, 2.45) is 0 Å². The summed E-state index contributed by atoms with van der Waals surface area (Å²) in [5.74, 6) is 0.601. The Labute approximate surface area is 153 Å². The van der Waals surface area contributed by atoms with Gasteiger partial charge in [-0.2, -0.15) is 0 Å². The number of pyridine rings is 1. The lowest BCUT2D eigenvalue weighted by molar-refractivity contribution is 0.189. The molecule has 0 radical (unpaired) electrons. The van der Waals surface area contributed by atoms with Crippen LogP contribution in [0.1, 0.15) is 30.5 Å². The van der Waals surface area contributed by atoms with Gasteiger partial charge in [0, 0.05) is 50.5 Å². The Balaban J connectivity index is 0.00000225. The average molecular weight is 363 g/mol. The number of amides is 2. The molecule has 0 saturated carbocycles. The highest BCUT2D eigenvalue weighted by molar-refractivity contribution is 5.85. The second-order valence-corrected chi connectivity index (χ2v) is 6.14. The maximum Gasteiger partial charge on any atom is 0.317 e. The predicted molar refractivity (Wildman–Crippen MR) is 98.6 cm³/mol. The van der Waals surface area contributed by atoms with Gasteiger partial charge in [0.25, 0.3) is 0 Å². The maximum absolute atomic E-state index is 12.2. The predicted octanol–water partition coefficient (Wildman–Crippen LogP) is 2.38. The van der Waals surface area contributed by atoms with Crippen LogP contribution in [0.25, 0.3) is 0 Å². The number of aromatic nitrogens is 3. The quantitative estimate of drug-likeness (QED) is 0.872. The lowest BCUT2D eigenvalue weighted by Gasteiger charge is -2.30. The molecule has 0 aliphatic carbocycles. The molecule has 0 saturated heterocycles. The highest BCUT2D eigenvalue weighted by atomic mass is 35.5. The Bertz CT molecular complexity index is 710. The topological polar surface area (TPSA) is 83.0 Å². The van der Waals surface area contributed by atoms with Crippen LogP contribution in [0, 0.1) is 0 Å². The second kappa shape index (κ2) is 8.62. The highest BCUT2D eigenvalue weighted by Crippen LogP contribution is 2.22. The lowest BCUT2D eigenvalue weighted by Crippen LogP contribution is -2.45. The van der Waals surface area contributed by atoms with Crippen LogP contribution in [0.15, 0.2) is 30.9 Å². The monoisotopic (exact) mass is 362 g/mol. The fraction of sp³-hybridized carbons (Fsp3) is 0.412. The number of hydrogen-bond donors (Lipinski definition) is 2. The average Bonchev–Trinajstić information content (AvgIpc) is 2.59. The van der Waals surface area contributed by atoms with E-state index in [-0.39, 0.29) is 24.5 Å². The number of fused-ring (bicyclic) bond motifs is 1. The van der Waals surface area contributed by atoms with E-state index >= 15 is 0 Å². The summed E-state index contributed by atoms with van der Waals surface area (Å²) in [6.07, 6.45) is 7.97. The minimum absolute atomic E-state index is 0. The zero-order valence-corrected chi connectivity index (χ0v) is 15.2. The van der Waals surface area contributed by atoms with E-state index < -0.39 is 0 Å². The van der Waals surface area contributed by atoms with Crippen molar-refractivity contribution in [2.75, 3.05) is 11.9 Å². The number of anilines is 1. The van der Waals surface area contributed by atoms with Gasteiger partial charge in [-0.05, 0) is 43.0 Å². The van der Waals surface area contributed by atoms with Crippen LogP contribution < -0.4 is 10.6 Å². The molecule has 134 valence electrons. The van der Waals surface area contributed by atoms with E-state index in [1.165, 1.54) is 5.56 Å². The number of hydrogen-bond acceptors (Lipinski definition) is 5. The molecule has 7 nitrogen and oxygen atoms in total. The number of carbonyl (C=O) groups excluding carboxylic acids is 1. The zero-order chi connectivity index (χ0) is 16.9. The van der Waals surface area contributed by atoms with Crippen LogP contribution in [-0.2, 0) is 19.5 Å². The van der Waals surface area contributed by atoms with Crippen LogP contribution in [-0.4, -0.2) is 38.5 Å².